The van der Waals surface area contributed by atoms with Gasteiger partial charge in [-0.05, 0) is 55.5 Å². The molecule has 212 valence electrons. The van der Waals surface area contributed by atoms with Crippen LogP contribution < -0.4 is 29.6 Å². The van der Waals surface area contributed by atoms with Crippen LogP contribution >= 0.6 is 0 Å². The summed E-state index contributed by atoms with van der Waals surface area (Å²) in [5.74, 6) is -4.47. The fourth-order valence-corrected chi connectivity index (χ4v) is 4.46. The van der Waals surface area contributed by atoms with Crippen LogP contribution in [0, 0.1) is 17.5 Å². The van der Waals surface area contributed by atoms with Crippen molar-refractivity contribution in [3.63, 3.8) is 0 Å². The largest absolute Gasteiger partial charge is 1.00 e. The van der Waals surface area contributed by atoms with E-state index in [1.165, 1.54) is 53.0 Å². The van der Waals surface area contributed by atoms with E-state index in [2.05, 4.69) is 5.10 Å². The zero-order valence-electron chi connectivity index (χ0n) is 23.9. The molecule has 0 saturated carbocycles. The predicted molar refractivity (Wildman–Crippen MR) is 138 cm³/mol. The molecule has 1 amide bonds. The van der Waals surface area contributed by atoms with Crippen molar-refractivity contribution in [2.75, 3.05) is 7.05 Å². The fourth-order valence-electron chi connectivity index (χ4n) is 4.46. The quantitative estimate of drug-likeness (QED) is 0.283. The van der Waals surface area contributed by atoms with E-state index in [-0.39, 0.29) is 74.0 Å². The Labute approximate surface area is 254 Å². The first-order chi connectivity index (χ1) is 18.4. The SMILES string of the molecule is CC(C)c1c(C(=O)N(C)Cc2cccc(F)c2F)nn(-c2ccc(F)cc2)c1CC[C@@H](O)C[C@@H](O)CC(=O)O.[H-].[Na+]. The van der Waals surface area contributed by atoms with Crippen LogP contribution in [0.3, 0.4) is 0 Å². The van der Waals surface area contributed by atoms with Crippen LogP contribution in [0.1, 0.15) is 67.8 Å². The van der Waals surface area contributed by atoms with Crippen molar-refractivity contribution in [1.82, 2.24) is 14.7 Å². The number of aliphatic hydroxyl groups is 2. The molecule has 3 aromatic rings. The summed E-state index contributed by atoms with van der Waals surface area (Å²) in [6.45, 7) is 3.50. The molecule has 3 rings (SSSR count). The standard InChI is InChI=1S/C28H32F3N3O5.Na.H/c1-16(2)25-23(12-11-20(35)13-21(36)14-24(37)38)34(19-9-7-18(29)8-10-19)32-27(25)28(39)33(3)15-17-5-4-6-22(30)26(17)31;;/h4-10,16,20-21,35-36H,11-15H2,1-3H3,(H,37,38);;/q;+1;-1/t20-,21-;;/m1../s1. The van der Waals surface area contributed by atoms with Crippen LogP contribution in [0.5, 0.6) is 0 Å². The molecule has 0 bridgehead atoms. The Hall–Kier alpha value is -2.70. The molecular weight excluding hydrogens is 538 g/mol. The van der Waals surface area contributed by atoms with Crippen LogP contribution in [0.15, 0.2) is 42.5 Å². The summed E-state index contributed by atoms with van der Waals surface area (Å²) in [5.41, 5.74) is 1.67. The molecule has 3 N–H and O–H groups in total. The van der Waals surface area contributed by atoms with Gasteiger partial charge >= 0.3 is 35.5 Å². The van der Waals surface area contributed by atoms with Crippen molar-refractivity contribution in [2.24, 2.45) is 0 Å². The van der Waals surface area contributed by atoms with Crippen LogP contribution in [0.25, 0.3) is 5.69 Å². The van der Waals surface area contributed by atoms with E-state index in [0.29, 0.717) is 16.9 Å². The third kappa shape index (κ3) is 8.40. The molecule has 0 aliphatic rings. The number of hydrogen-bond acceptors (Lipinski definition) is 5. The van der Waals surface area contributed by atoms with Crippen molar-refractivity contribution in [3.8, 4) is 5.69 Å². The number of amides is 1. The fraction of sp³-hybridized carbons (Fsp3) is 0.393. The van der Waals surface area contributed by atoms with E-state index in [4.69, 9.17) is 5.11 Å². The van der Waals surface area contributed by atoms with Crippen LogP contribution in [-0.4, -0.2) is 61.1 Å². The van der Waals surface area contributed by atoms with Crippen molar-refractivity contribution in [1.29, 1.82) is 0 Å². The molecule has 8 nitrogen and oxygen atoms in total. The molecular formula is C28H33F3N3NaO5. The number of benzene rings is 2. The number of carboxylic acids is 1. The molecule has 0 radical (unpaired) electrons. The number of rotatable bonds is 12. The Bertz CT molecular complexity index is 1320. The second-order valence-electron chi connectivity index (χ2n) is 9.81. The minimum absolute atomic E-state index is 0. The van der Waals surface area contributed by atoms with Crippen molar-refractivity contribution in [2.45, 2.75) is 64.2 Å². The zero-order chi connectivity index (χ0) is 28.9. The van der Waals surface area contributed by atoms with Crippen LogP contribution in [0.2, 0.25) is 0 Å². The average Bonchev–Trinajstić information content (AvgIpc) is 3.24. The second kappa shape index (κ2) is 14.8. The number of carboxylic acid groups (broad SMARTS) is 1. The first-order valence-corrected chi connectivity index (χ1v) is 12.5. The van der Waals surface area contributed by atoms with Gasteiger partial charge in [-0.3, -0.25) is 9.59 Å². The van der Waals surface area contributed by atoms with E-state index in [9.17, 15) is 33.0 Å². The van der Waals surface area contributed by atoms with Gasteiger partial charge in [0.05, 0.1) is 24.3 Å². The van der Waals surface area contributed by atoms with Gasteiger partial charge in [-0.15, -0.1) is 0 Å². The van der Waals surface area contributed by atoms with Gasteiger partial charge in [-0.25, -0.2) is 17.9 Å². The Kier molecular flexibility index (Phi) is 12.4. The molecule has 12 heteroatoms. The monoisotopic (exact) mass is 571 g/mol. The molecule has 1 aromatic heterocycles. The predicted octanol–water partition coefficient (Wildman–Crippen LogP) is 1.32. The van der Waals surface area contributed by atoms with Gasteiger partial charge in [0, 0.05) is 30.4 Å². The summed E-state index contributed by atoms with van der Waals surface area (Å²) in [6.07, 6.45) is -2.58. The Morgan fingerprint density at radius 2 is 1.70 bits per heavy atom. The number of halogens is 3. The molecule has 0 aliphatic carbocycles. The Balaban J connectivity index is 0.00000420. The van der Waals surface area contributed by atoms with E-state index in [0.717, 1.165) is 6.07 Å². The number of aromatic nitrogens is 2. The van der Waals surface area contributed by atoms with Crippen LogP contribution in [0.4, 0.5) is 13.2 Å². The topological polar surface area (TPSA) is 116 Å². The number of aliphatic carboxylic acids is 1. The number of aliphatic hydroxyl groups excluding tert-OH is 2. The number of carbonyl (C=O) groups is 2. The maximum absolute atomic E-state index is 14.3. The summed E-state index contributed by atoms with van der Waals surface area (Å²) in [7, 11) is 1.45. The minimum Gasteiger partial charge on any atom is -1.00 e. The van der Waals surface area contributed by atoms with E-state index >= 15 is 0 Å². The molecule has 0 spiro atoms. The normalized spacial score (nSPS) is 12.6. The van der Waals surface area contributed by atoms with Gasteiger partial charge in [0.1, 0.15) is 5.82 Å². The van der Waals surface area contributed by atoms with E-state index in [1.54, 1.807) is 0 Å². The number of hydrogen-bond donors (Lipinski definition) is 3. The van der Waals surface area contributed by atoms with Gasteiger partial charge in [0.15, 0.2) is 17.3 Å². The van der Waals surface area contributed by atoms with Crippen LogP contribution in [-0.2, 0) is 17.8 Å². The Morgan fingerprint density at radius 1 is 1.05 bits per heavy atom. The van der Waals surface area contributed by atoms with Gasteiger partial charge in [0.25, 0.3) is 5.91 Å². The molecule has 2 atom stereocenters. The molecule has 0 saturated heterocycles. The molecule has 0 aliphatic heterocycles. The molecule has 40 heavy (non-hydrogen) atoms. The minimum atomic E-state index is -1.22. The third-order valence-electron chi connectivity index (χ3n) is 6.33. The summed E-state index contributed by atoms with van der Waals surface area (Å²) in [5, 5.41) is 33.7. The first kappa shape index (κ1) is 33.5. The van der Waals surface area contributed by atoms with Crippen molar-refractivity contribution in [3.05, 3.63) is 82.4 Å². The smallest absolute Gasteiger partial charge is 1.00 e. The summed E-state index contributed by atoms with van der Waals surface area (Å²) in [4.78, 5) is 25.6. The number of carbonyl (C=O) groups excluding carboxylic acids is 1. The second-order valence-corrected chi connectivity index (χ2v) is 9.81. The first-order valence-electron chi connectivity index (χ1n) is 12.5. The maximum Gasteiger partial charge on any atom is 1.00 e. The van der Waals surface area contributed by atoms with Gasteiger partial charge in [0.2, 0.25) is 0 Å². The Morgan fingerprint density at radius 3 is 2.30 bits per heavy atom. The molecule has 0 fully saturated rings. The van der Waals surface area contributed by atoms with Gasteiger partial charge in [-0.1, -0.05) is 26.0 Å². The third-order valence-corrected chi connectivity index (χ3v) is 6.33. The summed E-state index contributed by atoms with van der Waals surface area (Å²) >= 11 is 0. The van der Waals surface area contributed by atoms with Gasteiger partial charge < -0.3 is 21.6 Å². The van der Waals surface area contributed by atoms with E-state index < -0.39 is 48.0 Å². The molecule has 2 aromatic carbocycles. The van der Waals surface area contributed by atoms with E-state index in [1.807, 2.05) is 13.8 Å². The summed E-state index contributed by atoms with van der Waals surface area (Å²) in [6, 6.07) is 9.19. The van der Waals surface area contributed by atoms with Crippen molar-refractivity contribution < 1.29 is 69.1 Å². The van der Waals surface area contributed by atoms with Gasteiger partial charge in [-0.2, -0.15) is 5.10 Å². The molecule has 0 unspecified atom stereocenters. The zero-order valence-corrected chi connectivity index (χ0v) is 24.9. The number of nitrogens with zero attached hydrogens (tertiary/aromatic N) is 3. The molecule has 1 heterocycles. The maximum atomic E-state index is 14.3. The summed E-state index contributed by atoms with van der Waals surface area (Å²) < 4.78 is 43.1. The van der Waals surface area contributed by atoms with Crippen molar-refractivity contribution >= 4 is 11.9 Å². The average molecular weight is 572 g/mol.